The summed E-state index contributed by atoms with van der Waals surface area (Å²) < 4.78 is 0. The number of carbonyl (C=O) groups is 1. The summed E-state index contributed by atoms with van der Waals surface area (Å²) in [5.74, 6) is 2.20. The first-order chi connectivity index (χ1) is 6.86. The van der Waals surface area contributed by atoms with E-state index in [1.54, 1.807) is 0 Å². The molecule has 2 rings (SSSR count). The van der Waals surface area contributed by atoms with Gasteiger partial charge in [-0.05, 0) is 29.8 Å². The summed E-state index contributed by atoms with van der Waals surface area (Å²) in [6, 6.07) is 8.26. The Hall–Kier alpha value is -0.630. The fourth-order valence-electron chi connectivity index (χ4n) is 1.75. The topological polar surface area (TPSA) is 17.1 Å². The molecule has 2 heteroatoms. The predicted molar refractivity (Wildman–Crippen MR) is 62.9 cm³/mol. The molecule has 0 aliphatic heterocycles. The third kappa shape index (κ3) is 2.95. The number of rotatable bonds is 0. The Morgan fingerprint density at radius 2 is 1.71 bits per heavy atom. The summed E-state index contributed by atoms with van der Waals surface area (Å²) in [7, 11) is 0. The standard InChI is InChI=1S/C11H12O.CH3Br/c12-11-7-3-6-9-4-1-2-5-10(9)8-11;1-2/h1-2,4-5H,3,6-8H2;1H3. The molecule has 0 fully saturated rings. The quantitative estimate of drug-likeness (QED) is 0.514. The molecule has 14 heavy (non-hydrogen) atoms. The van der Waals surface area contributed by atoms with E-state index < -0.39 is 0 Å². The number of carbonyl (C=O) groups excluding carboxylic acids is 1. The van der Waals surface area contributed by atoms with Crippen molar-refractivity contribution in [3.63, 3.8) is 0 Å². The number of aryl methyl sites for hydroxylation is 1. The number of hydrogen-bond acceptors (Lipinski definition) is 1. The van der Waals surface area contributed by atoms with Gasteiger partial charge in [-0.1, -0.05) is 40.2 Å². The van der Waals surface area contributed by atoms with E-state index >= 15 is 0 Å². The van der Waals surface area contributed by atoms with Gasteiger partial charge in [-0.15, -0.1) is 0 Å². The van der Waals surface area contributed by atoms with Gasteiger partial charge in [0.15, 0.2) is 0 Å². The van der Waals surface area contributed by atoms with E-state index in [4.69, 9.17) is 0 Å². The van der Waals surface area contributed by atoms with Crippen molar-refractivity contribution in [2.45, 2.75) is 25.7 Å². The number of halogens is 1. The van der Waals surface area contributed by atoms with E-state index in [0.29, 0.717) is 12.2 Å². The Bertz CT molecular complexity index is 307. The van der Waals surface area contributed by atoms with Crippen LogP contribution in [-0.4, -0.2) is 11.6 Å². The van der Waals surface area contributed by atoms with Crippen molar-refractivity contribution in [3.05, 3.63) is 35.4 Å². The lowest BCUT2D eigenvalue weighted by Gasteiger charge is -2.01. The van der Waals surface area contributed by atoms with Crippen molar-refractivity contribution >= 4 is 21.7 Å². The first kappa shape index (κ1) is 11.4. The first-order valence-electron chi connectivity index (χ1n) is 4.82. The highest BCUT2D eigenvalue weighted by Crippen LogP contribution is 2.17. The molecule has 0 N–H and O–H groups in total. The highest BCUT2D eigenvalue weighted by Gasteiger charge is 2.11. The summed E-state index contributed by atoms with van der Waals surface area (Å²) in [4.78, 5) is 11.2. The molecule has 0 aromatic heterocycles. The van der Waals surface area contributed by atoms with Crippen molar-refractivity contribution in [1.29, 1.82) is 0 Å². The Morgan fingerprint density at radius 3 is 2.43 bits per heavy atom. The summed E-state index contributed by atoms with van der Waals surface area (Å²) in [5.41, 5.74) is 2.60. The lowest BCUT2D eigenvalue weighted by Crippen LogP contribution is -1.99. The maximum absolute atomic E-state index is 11.2. The third-order valence-corrected chi connectivity index (χ3v) is 2.41. The minimum absolute atomic E-state index is 0.389. The van der Waals surface area contributed by atoms with Gasteiger partial charge in [0.1, 0.15) is 5.78 Å². The van der Waals surface area contributed by atoms with Gasteiger partial charge in [-0.25, -0.2) is 0 Å². The zero-order valence-electron chi connectivity index (χ0n) is 8.42. The van der Waals surface area contributed by atoms with Crippen LogP contribution >= 0.6 is 15.9 Å². The van der Waals surface area contributed by atoms with Crippen molar-refractivity contribution in [2.75, 3.05) is 5.83 Å². The predicted octanol–water partition coefficient (Wildman–Crippen LogP) is 3.15. The lowest BCUT2D eigenvalue weighted by molar-refractivity contribution is -0.118. The van der Waals surface area contributed by atoms with Crippen molar-refractivity contribution in [1.82, 2.24) is 0 Å². The Kier molecular flexibility index (Phi) is 4.88. The minimum atomic E-state index is 0.389. The van der Waals surface area contributed by atoms with E-state index in [1.165, 1.54) is 11.1 Å². The molecule has 1 aromatic carbocycles. The molecule has 0 saturated carbocycles. The van der Waals surface area contributed by atoms with Crippen LogP contribution in [0, 0.1) is 0 Å². The van der Waals surface area contributed by atoms with Crippen LogP contribution in [0.5, 0.6) is 0 Å². The molecular formula is C12H15BrO. The fraction of sp³-hybridized carbons (Fsp3) is 0.417. The maximum atomic E-state index is 11.2. The molecule has 76 valence electrons. The van der Waals surface area contributed by atoms with Gasteiger partial charge >= 0.3 is 0 Å². The molecule has 0 radical (unpaired) electrons. The highest BCUT2D eigenvalue weighted by atomic mass is 79.9. The number of ketones is 1. The molecular weight excluding hydrogens is 240 g/mol. The van der Waals surface area contributed by atoms with E-state index in [2.05, 4.69) is 34.1 Å². The lowest BCUT2D eigenvalue weighted by atomic mass is 10.0. The third-order valence-electron chi connectivity index (χ3n) is 2.41. The number of alkyl halides is 1. The molecule has 1 aromatic rings. The summed E-state index contributed by atoms with van der Waals surface area (Å²) in [5, 5.41) is 0. The van der Waals surface area contributed by atoms with Gasteiger partial charge < -0.3 is 0 Å². The second-order valence-electron chi connectivity index (χ2n) is 3.34. The van der Waals surface area contributed by atoms with E-state index in [9.17, 15) is 4.79 Å². The van der Waals surface area contributed by atoms with E-state index in [-0.39, 0.29) is 0 Å². The Morgan fingerprint density at radius 1 is 1.07 bits per heavy atom. The molecule has 0 unspecified atom stereocenters. The van der Waals surface area contributed by atoms with Gasteiger partial charge in [0.2, 0.25) is 0 Å². The van der Waals surface area contributed by atoms with E-state index in [0.717, 1.165) is 19.3 Å². The van der Waals surface area contributed by atoms with Crippen molar-refractivity contribution < 1.29 is 4.79 Å². The van der Waals surface area contributed by atoms with Gasteiger partial charge in [-0.3, -0.25) is 4.79 Å². The molecule has 0 heterocycles. The molecule has 1 aliphatic carbocycles. The highest BCUT2D eigenvalue weighted by molar-refractivity contribution is 9.08. The number of benzene rings is 1. The van der Waals surface area contributed by atoms with E-state index in [1.807, 2.05) is 11.9 Å². The Labute approximate surface area is 93.7 Å². The zero-order chi connectivity index (χ0) is 10.4. The smallest absolute Gasteiger partial charge is 0.137 e. The second-order valence-corrected chi connectivity index (χ2v) is 3.34. The van der Waals surface area contributed by atoms with Crippen LogP contribution in [0.15, 0.2) is 24.3 Å². The molecule has 0 amide bonds. The molecule has 0 spiro atoms. The fourth-order valence-corrected chi connectivity index (χ4v) is 1.75. The van der Waals surface area contributed by atoms with Crippen LogP contribution in [-0.2, 0) is 17.6 Å². The molecule has 1 nitrogen and oxygen atoms in total. The SMILES string of the molecule is CBr.O=C1CCCc2ccccc2C1. The molecule has 0 saturated heterocycles. The van der Waals surface area contributed by atoms with Crippen LogP contribution < -0.4 is 0 Å². The summed E-state index contributed by atoms with van der Waals surface area (Å²) in [6.45, 7) is 0. The monoisotopic (exact) mass is 254 g/mol. The average molecular weight is 255 g/mol. The Balaban J connectivity index is 0.000000461. The van der Waals surface area contributed by atoms with Gasteiger partial charge in [0.05, 0.1) is 0 Å². The van der Waals surface area contributed by atoms with Crippen LogP contribution in [0.25, 0.3) is 0 Å². The zero-order valence-corrected chi connectivity index (χ0v) is 10.0. The van der Waals surface area contributed by atoms with Crippen LogP contribution in [0.4, 0.5) is 0 Å². The van der Waals surface area contributed by atoms with Crippen LogP contribution in [0.3, 0.4) is 0 Å². The van der Waals surface area contributed by atoms with Crippen LogP contribution in [0.2, 0.25) is 0 Å². The van der Waals surface area contributed by atoms with Crippen LogP contribution in [0.1, 0.15) is 24.0 Å². The first-order valence-corrected chi connectivity index (χ1v) is 6.41. The molecule has 1 aliphatic rings. The summed E-state index contributed by atoms with van der Waals surface area (Å²) in [6.07, 6.45) is 3.50. The van der Waals surface area contributed by atoms with Crippen molar-refractivity contribution in [3.8, 4) is 0 Å². The number of hydrogen-bond donors (Lipinski definition) is 0. The largest absolute Gasteiger partial charge is 0.299 e. The van der Waals surface area contributed by atoms with Gasteiger partial charge in [0, 0.05) is 12.8 Å². The number of fused-ring (bicyclic) bond motifs is 1. The average Bonchev–Trinajstić information content (AvgIpc) is 2.41. The van der Waals surface area contributed by atoms with Gasteiger partial charge in [0.25, 0.3) is 0 Å². The van der Waals surface area contributed by atoms with Gasteiger partial charge in [-0.2, -0.15) is 0 Å². The summed E-state index contributed by atoms with van der Waals surface area (Å²) >= 11 is 2.94. The van der Waals surface area contributed by atoms with Crippen molar-refractivity contribution in [2.24, 2.45) is 0 Å². The maximum Gasteiger partial charge on any atom is 0.137 e. The molecule has 0 bridgehead atoms. The second kappa shape index (κ2) is 5.97. The minimum Gasteiger partial charge on any atom is -0.299 e. The normalized spacial score (nSPS) is 14.9. The number of Topliss-reactive ketones (excluding diaryl/α,β-unsaturated/α-hetero) is 1. The molecule has 0 atom stereocenters.